The number of nitrogens with one attached hydrogen (secondary N) is 1. The van der Waals surface area contributed by atoms with Crippen LogP contribution in [-0.2, 0) is 21.2 Å². The fourth-order valence-electron chi connectivity index (χ4n) is 4.02. The van der Waals surface area contributed by atoms with Crippen molar-refractivity contribution in [1.29, 1.82) is 0 Å². The van der Waals surface area contributed by atoms with Gasteiger partial charge >= 0.3 is 0 Å². The van der Waals surface area contributed by atoms with Crippen molar-refractivity contribution in [3.8, 4) is 11.5 Å². The van der Waals surface area contributed by atoms with Gasteiger partial charge in [0, 0.05) is 18.7 Å². The first-order chi connectivity index (χ1) is 16.3. The van der Waals surface area contributed by atoms with Crippen LogP contribution in [0.5, 0.6) is 0 Å². The van der Waals surface area contributed by atoms with Crippen LogP contribution in [0.2, 0.25) is 0 Å². The third-order valence-corrected chi connectivity index (χ3v) is 7.04. The first kappa shape index (κ1) is 24.0. The quantitative estimate of drug-likeness (QED) is 0.492. The fourth-order valence-corrected chi connectivity index (χ4v) is 4.54. The molecule has 3 N–H and O–H groups in total. The number of piperidine rings is 1. The lowest BCUT2D eigenvalue weighted by atomic mass is 9.95. The van der Waals surface area contributed by atoms with E-state index in [9.17, 15) is 13.2 Å². The summed E-state index contributed by atoms with van der Waals surface area (Å²) in [5, 5.41) is 12.1. The smallest absolute Gasteiger partial charge is 0.238 e. The minimum Gasteiger partial charge on any atom is -0.354 e. The lowest BCUT2D eigenvalue weighted by molar-refractivity contribution is -0.126. The normalized spacial score (nSPS) is 16.3. The standard InChI is InChI=1S/C23H28N6O4S/c1-16(22(30)26-13-9-17-5-7-19(8-6-17)34(24,31)32)29-14-10-18(11-15-29)23-27-21(28-33-23)20-4-2-3-12-25-20/h2-8,12,16,18H,9-11,13-15H2,1H3,(H,26,30)(H2,24,31,32). The number of aromatic nitrogens is 3. The van der Waals surface area contributed by atoms with Crippen molar-refractivity contribution in [2.45, 2.75) is 43.0 Å². The molecule has 1 amide bonds. The molecule has 0 spiro atoms. The maximum Gasteiger partial charge on any atom is 0.238 e. The molecule has 1 unspecified atom stereocenters. The van der Waals surface area contributed by atoms with Gasteiger partial charge in [0.25, 0.3) is 0 Å². The number of amides is 1. The predicted octanol–water partition coefficient (Wildman–Crippen LogP) is 1.71. The SMILES string of the molecule is CC(C(=O)NCCc1ccc(S(N)(=O)=O)cc1)N1CCC(c2nc(-c3ccccn3)no2)CC1. The number of likely N-dealkylation sites (tertiary alicyclic amines) is 1. The van der Waals surface area contributed by atoms with Gasteiger partial charge in [-0.1, -0.05) is 23.4 Å². The molecule has 0 saturated carbocycles. The van der Waals surface area contributed by atoms with Crippen LogP contribution in [0.4, 0.5) is 0 Å². The topological polar surface area (TPSA) is 144 Å². The zero-order chi connectivity index (χ0) is 24.1. The lowest BCUT2D eigenvalue weighted by Crippen LogP contribution is -2.48. The zero-order valence-corrected chi connectivity index (χ0v) is 19.7. The molecule has 2 aromatic heterocycles. The Morgan fingerprint density at radius 3 is 2.59 bits per heavy atom. The van der Waals surface area contributed by atoms with E-state index in [4.69, 9.17) is 9.66 Å². The second-order valence-corrected chi connectivity index (χ2v) is 9.95. The van der Waals surface area contributed by atoms with Gasteiger partial charge in [-0.2, -0.15) is 4.98 Å². The summed E-state index contributed by atoms with van der Waals surface area (Å²) < 4.78 is 28.2. The van der Waals surface area contributed by atoms with E-state index in [1.807, 2.05) is 25.1 Å². The predicted molar refractivity (Wildman–Crippen MR) is 125 cm³/mol. The Kier molecular flexibility index (Phi) is 7.35. The molecule has 10 nitrogen and oxygen atoms in total. The summed E-state index contributed by atoms with van der Waals surface area (Å²) in [5.74, 6) is 1.24. The third kappa shape index (κ3) is 5.85. The molecule has 1 aromatic carbocycles. The van der Waals surface area contributed by atoms with E-state index >= 15 is 0 Å². The average Bonchev–Trinajstić information content (AvgIpc) is 3.34. The third-order valence-electron chi connectivity index (χ3n) is 6.11. The van der Waals surface area contributed by atoms with Gasteiger partial charge in [0.1, 0.15) is 5.69 Å². The lowest BCUT2D eigenvalue weighted by Gasteiger charge is -2.34. The molecule has 1 aliphatic heterocycles. The van der Waals surface area contributed by atoms with Crippen molar-refractivity contribution >= 4 is 15.9 Å². The van der Waals surface area contributed by atoms with Gasteiger partial charge in [-0.25, -0.2) is 13.6 Å². The Bertz CT molecular complexity index is 1210. The van der Waals surface area contributed by atoms with Crippen LogP contribution in [0.15, 0.2) is 58.1 Å². The zero-order valence-electron chi connectivity index (χ0n) is 18.9. The largest absolute Gasteiger partial charge is 0.354 e. The van der Waals surface area contributed by atoms with Gasteiger partial charge in [0.2, 0.25) is 27.6 Å². The van der Waals surface area contributed by atoms with Crippen molar-refractivity contribution in [2.75, 3.05) is 19.6 Å². The first-order valence-electron chi connectivity index (χ1n) is 11.2. The Labute approximate surface area is 198 Å². The van der Waals surface area contributed by atoms with Crippen LogP contribution in [0, 0.1) is 0 Å². The van der Waals surface area contributed by atoms with Gasteiger partial charge in [0.05, 0.1) is 10.9 Å². The average molecular weight is 485 g/mol. The van der Waals surface area contributed by atoms with Crippen LogP contribution in [0.25, 0.3) is 11.5 Å². The van der Waals surface area contributed by atoms with E-state index in [-0.39, 0.29) is 22.8 Å². The van der Waals surface area contributed by atoms with E-state index in [2.05, 4.69) is 25.3 Å². The van der Waals surface area contributed by atoms with E-state index < -0.39 is 10.0 Å². The second kappa shape index (κ2) is 10.4. The highest BCUT2D eigenvalue weighted by molar-refractivity contribution is 7.89. The van der Waals surface area contributed by atoms with Crippen LogP contribution in [0.1, 0.15) is 37.1 Å². The number of rotatable bonds is 8. The van der Waals surface area contributed by atoms with Crippen molar-refractivity contribution < 1.29 is 17.7 Å². The minimum absolute atomic E-state index is 0.0326. The van der Waals surface area contributed by atoms with Crippen molar-refractivity contribution in [1.82, 2.24) is 25.3 Å². The van der Waals surface area contributed by atoms with Gasteiger partial charge in [-0.3, -0.25) is 14.7 Å². The number of nitrogens with zero attached hydrogens (tertiary/aromatic N) is 4. The number of nitrogens with two attached hydrogens (primary N) is 1. The molecule has 4 rings (SSSR count). The van der Waals surface area contributed by atoms with Gasteiger partial charge < -0.3 is 9.84 Å². The number of pyridine rings is 1. The minimum atomic E-state index is -3.70. The molecule has 1 aliphatic rings. The summed E-state index contributed by atoms with van der Waals surface area (Å²) in [7, 11) is -3.70. The highest BCUT2D eigenvalue weighted by Crippen LogP contribution is 2.29. The second-order valence-electron chi connectivity index (χ2n) is 8.39. The molecule has 0 aliphatic carbocycles. The first-order valence-corrected chi connectivity index (χ1v) is 12.7. The molecule has 0 radical (unpaired) electrons. The number of hydrogen-bond donors (Lipinski definition) is 2. The molecule has 1 fully saturated rings. The molecule has 11 heteroatoms. The molecule has 1 atom stereocenters. The Morgan fingerprint density at radius 2 is 1.94 bits per heavy atom. The maximum atomic E-state index is 12.6. The molecule has 3 heterocycles. The number of carbonyl (C=O) groups is 1. The van der Waals surface area contributed by atoms with Crippen LogP contribution in [-0.4, -0.2) is 60.0 Å². The summed E-state index contributed by atoms with van der Waals surface area (Å²) >= 11 is 0. The summed E-state index contributed by atoms with van der Waals surface area (Å²) in [4.78, 5) is 23.6. The van der Waals surface area contributed by atoms with Gasteiger partial charge in [0.15, 0.2) is 0 Å². The Hall–Kier alpha value is -3.15. The van der Waals surface area contributed by atoms with Crippen LogP contribution >= 0.6 is 0 Å². The van der Waals surface area contributed by atoms with E-state index in [1.54, 1.807) is 18.3 Å². The maximum absolute atomic E-state index is 12.6. The highest BCUT2D eigenvalue weighted by Gasteiger charge is 2.30. The van der Waals surface area contributed by atoms with Crippen molar-refractivity contribution in [3.63, 3.8) is 0 Å². The van der Waals surface area contributed by atoms with Gasteiger partial charge in [-0.15, -0.1) is 0 Å². The van der Waals surface area contributed by atoms with E-state index in [0.29, 0.717) is 30.4 Å². The molecular formula is C23H28N6O4S. The molecular weight excluding hydrogens is 456 g/mol. The molecule has 34 heavy (non-hydrogen) atoms. The monoisotopic (exact) mass is 484 g/mol. The van der Waals surface area contributed by atoms with E-state index in [0.717, 1.165) is 31.5 Å². The highest BCUT2D eigenvalue weighted by atomic mass is 32.2. The molecule has 1 saturated heterocycles. The summed E-state index contributed by atoms with van der Waals surface area (Å²) in [6.45, 7) is 3.89. The number of benzene rings is 1. The van der Waals surface area contributed by atoms with Gasteiger partial charge in [-0.05, 0) is 69.1 Å². The van der Waals surface area contributed by atoms with Crippen LogP contribution < -0.4 is 10.5 Å². The molecule has 180 valence electrons. The number of sulfonamides is 1. The summed E-state index contributed by atoms with van der Waals surface area (Å²) in [6, 6.07) is 11.7. The summed E-state index contributed by atoms with van der Waals surface area (Å²) in [5.41, 5.74) is 1.60. The van der Waals surface area contributed by atoms with Crippen molar-refractivity contribution in [3.05, 3.63) is 60.1 Å². The number of hydrogen-bond acceptors (Lipinski definition) is 8. The Morgan fingerprint density at radius 1 is 1.21 bits per heavy atom. The molecule has 0 bridgehead atoms. The molecule has 3 aromatic rings. The van der Waals surface area contributed by atoms with Crippen molar-refractivity contribution in [2.24, 2.45) is 5.14 Å². The Balaban J connectivity index is 1.23. The number of primary sulfonamides is 1. The fraction of sp³-hybridized carbons (Fsp3) is 0.391. The van der Waals surface area contributed by atoms with Crippen LogP contribution in [0.3, 0.4) is 0 Å². The van der Waals surface area contributed by atoms with E-state index in [1.165, 1.54) is 12.1 Å². The summed E-state index contributed by atoms with van der Waals surface area (Å²) in [6.07, 6.45) is 3.96. The number of carbonyl (C=O) groups excluding carboxylic acids is 1.